The van der Waals surface area contributed by atoms with Gasteiger partial charge in [-0.2, -0.15) is 0 Å². The lowest BCUT2D eigenvalue weighted by Crippen LogP contribution is -2.23. The molecule has 4 nitrogen and oxygen atoms in total. The Morgan fingerprint density at radius 1 is 1.08 bits per heavy atom. The number of hydrogen-bond acceptors (Lipinski definition) is 4. The summed E-state index contributed by atoms with van der Waals surface area (Å²) in [6, 6.07) is 14.6. The fourth-order valence-corrected chi connectivity index (χ4v) is 4.64. The van der Waals surface area contributed by atoms with Crippen LogP contribution < -0.4 is 19.7 Å². The Balaban J connectivity index is 2.48. The zero-order valence-corrected chi connectivity index (χ0v) is 17.6. The molecule has 2 rings (SSSR count). The molecule has 0 bridgehead atoms. The molecule has 0 N–H and O–H groups in total. The van der Waals surface area contributed by atoms with Crippen molar-refractivity contribution in [1.29, 1.82) is 0 Å². The van der Waals surface area contributed by atoms with Crippen molar-refractivity contribution in [3.63, 3.8) is 0 Å². The average Bonchev–Trinajstić information content (AvgIpc) is 2.66. The zero-order valence-electron chi connectivity index (χ0n) is 16.6. The molecule has 0 amide bonds. The summed E-state index contributed by atoms with van der Waals surface area (Å²) < 4.78 is 16.5. The van der Waals surface area contributed by atoms with Crippen molar-refractivity contribution in [3.8, 4) is 11.5 Å². The topological polar surface area (TPSA) is 30.9 Å². The minimum Gasteiger partial charge on any atom is -0.497 e. The highest BCUT2D eigenvalue weighted by Crippen LogP contribution is 2.49. The number of rotatable bonds is 9. The highest BCUT2D eigenvalue weighted by molar-refractivity contribution is 7.49. The highest BCUT2D eigenvalue weighted by atomic mass is 31.1. The van der Waals surface area contributed by atoms with E-state index in [2.05, 4.69) is 63.2 Å². The molecule has 0 radical (unpaired) electrons. The van der Waals surface area contributed by atoms with Gasteiger partial charge in [0.05, 0.1) is 7.11 Å². The first-order chi connectivity index (χ1) is 12.4. The van der Waals surface area contributed by atoms with Crippen LogP contribution in [0.1, 0.15) is 25.8 Å². The van der Waals surface area contributed by atoms with Crippen molar-refractivity contribution in [2.24, 2.45) is 0 Å². The summed E-state index contributed by atoms with van der Waals surface area (Å²) >= 11 is 0. The zero-order chi connectivity index (χ0) is 19.2. The first kappa shape index (κ1) is 20.5. The normalized spacial score (nSPS) is 13.6. The molecule has 0 saturated heterocycles. The number of anilines is 1. The summed E-state index contributed by atoms with van der Waals surface area (Å²) in [5.74, 6) is 1.70. The second-order valence-corrected chi connectivity index (χ2v) is 8.53. The number of ether oxygens (including phenoxy) is 3. The number of nitrogens with zero attached hydrogens (tertiary/aromatic N) is 1. The molecule has 2 atom stereocenters. The molecule has 5 heteroatoms. The summed E-state index contributed by atoms with van der Waals surface area (Å²) in [5, 5.41) is 1.28. The standard InChI is InChI=1S/C21H30NO3P/c1-7-21(2,26-20-11-9-8-10-18(20)22(3)4)17-14-16(24-6)12-13-19(17)25-15-23-5/h8-14,26H,7,15H2,1-6H3. The van der Waals surface area contributed by atoms with Crippen LogP contribution in [0.25, 0.3) is 0 Å². The van der Waals surface area contributed by atoms with Gasteiger partial charge in [-0.05, 0) is 36.0 Å². The molecule has 2 unspecified atom stereocenters. The second-order valence-electron chi connectivity index (χ2n) is 6.64. The fourth-order valence-electron chi connectivity index (χ4n) is 2.93. The Hall–Kier alpha value is -1.77. The van der Waals surface area contributed by atoms with Crippen molar-refractivity contribution >= 4 is 19.6 Å². The van der Waals surface area contributed by atoms with E-state index in [-0.39, 0.29) is 11.9 Å². The Morgan fingerprint density at radius 3 is 2.42 bits per heavy atom. The molecule has 0 aromatic heterocycles. The number of para-hydroxylation sites is 1. The van der Waals surface area contributed by atoms with Crippen LogP contribution >= 0.6 is 8.58 Å². The van der Waals surface area contributed by atoms with E-state index >= 15 is 0 Å². The van der Waals surface area contributed by atoms with Crippen LogP contribution in [0.3, 0.4) is 0 Å². The van der Waals surface area contributed by atoms with Crippen LogP contribution in [-0.2, 0) is 9.89 Å². The van der Waals surface area contributed by atoms with Crippen molar-refractivity contribution in [2.45, 2.75) is 25.4 Å². The lowest BCUT2D eigenvalue weighted by molar-refractivity contribution is 0.0500. The maximum absolute atomic E-state index is 5.87. The molecule has 0 aliphatic rings. The monoisotopic (exact) mass is 375 g/mol. The molecule has 142 valence electrons. The third-order valence-electron chi connectivity index (χ3n) is 4.62. The molecular weight excluding hydrogens is 345 g/mol. The number of methoxy groups -OCH3 is 2. The maximum atomic E-state index is 5.87. The van der Waals surface area contributed by atoms with Crippen molar-refractivity contribution < 1.29 is 14.2 Å². The third-order valence-corrected chi connectivity index (χ3v) is 6.48. The average molecular weight is 375 g/mol. The van der Waals surface area contributed by atoms with Gasteiger partial charge in [0.2, 0.25) is 0 Å². The summed E-state index contributed by atoms with van der Waals surface area (Å²) in [6.45, 7) is 4.76. The van der Waals surface area contributed by atoms with Gasteiger partial charge in [-0.3, -0.25) is 0 Å². The van der Waals surface area contributed by atoms with Crippen molar-refractivity contribution in [2.75, 3.05) is 40.0 Å². The van der Waals surface area contributed by atoms with E-state index < -0.39 is 0 Å². The minimum atomic E-state index is -0.0657. The third kappa shape index (κ3) is 4.69. The summed E-state index contributed by atoms with van der Waals surface area (Å²) in [7, 11) is 8.11. The van der Waals surface area contributed by atoms with Gasteiger partial charge in [0.1, 0.15) is 11.5 Å². The van der Waals surface area contributed by atoms with Gasteiger partial charge in [-0.25, -0.2) is 0 Å². The van der Waals surface area contributed by atoms with Gasteiger partial charge in [0, 0.05) is 37.6 Å². The highest BCUT2D eigenvalue weighted by Gasteiger charge is 2.30. The van der Waals surface area contributed by atoms with Crippen LogP contribution in [0.5, 0.6) is 11.5 Å². The second kappa shape index (κ2) is 9.25. The quantitative estimate of drug-likeness (QED) is 0.481. The SMILES string of the molecule is CCC(C)(Pc1ccccc1N(C)C)c1cc(OC)ccc1OCOC. The summed E-state index contributed by atoms with van der Waals surface area (Å²) in [5.41, 5.74) is 2.41. The predicted octanol–water partition coefficient (Wildman–Crippen LogP) is 4.37. The van der Waals surface area contributed by atoms with E-state index in [4.69, 9.17) is 14.2 Å². The Kier molecular flexibility index (Phi) is 7.31. The van der Waals surface area contributed by atoms with E-state index in [0.29, 0.717) is 8.58 Å². The first-order valence-electron chi connectivity index (χ1n) is 8.80. The van der Waals surface area contributed by atoms with Gasteiger partial charge in [-0.15, -0.1) is 0 Å². The molecule has 2 aromatic rings. The van der Waals surface area contributed by atoms with E-state index in [1.807, 2.05) is 12.1 Å². The molecule has 0 spiro atoms. The van der Waals surface area contributed by atoms with Crippen LogP contribution in [-0.4, -0.2) is 35.1 Å². The lowest BCUT2D eigenvalue weighted by Gasteiger charge is -2.32. The maximum Gasteiger partial charge on any atom is 0.188 e. The molecule has 26 heavy (non-hydrogen) atoms. The van der Waals surface area contributed by atoms with E-state index in [0.717, 1.165) is 23.5 Å². The smallest absolute Gasteiger partial charge is 0.188 e. The molecule has 0 aliphatic heterocycles. The van der Waals surface area contributed by atoms with E-state index in [1.165, 1.54) is 11.0 Å². The van der Waals surface area contributed by atoms with Gasteiger partial charge in [-0.1, -0.05) is 40.6 Å². The summed E-state index contributed by atoms with van der Waals surface area (Å²) in [4.78, 5) is 2.17. The van der Waals surface area contributed by atoms with Crippen LogP contribution in [0.2, 0.25) is 0 Å². The minimum absolute atomic E-state index is 0.0657. The Bertz CT molecular complexity index is 720. The summed E-state index contributed by atoms with van der Waals surface area (Å²) in [6.07, 6.45) is 0.990. The Morgan fingerprint density at radius 2 is 1.81 bits per heavy atom. The van der Waals surface area contributed by atoms with Crippen LogP contribution in [0.4, 0.5) is 5.69 Å². The van der Waals surface area contributed by atoms with E-state index in [1.54, 1.807) is 14.2 Å². The number of hydrogen-bond donors (Lipinski definition) is 0. The van der Waals surface area contributed by atoms with Gasteiger partial charge >= 0.3 is 0 Å². The predicted molar refractivity (Wildman–Crippen MR) is 112 cm³/mol. The molecule has 0 heterocycles. The van der Waals surface area contributed by atoms with Crippen LogP contribution in [0, 0.1) is 0 Å². The molecular formula is C21H30NO3P. The largest absolute Gasteiger partial charge is 0.497 e. The van der Waals surface area contributed by atoms with Crippen LogP contribution in [0.15, 0.2) is 42.5 Å². The van der Waals surface area contributed by atoms with Gasteiger partial charge in [0.15, 0.2) is 6.79 Å². The van der Waals surface area contributed by atoms with Gasteiger partial charge in [0.25, 0.3) is 0 Å². The first-order valence-corrected chi connectivity index (χ1v) is 9.80. The van der Waals surface area contributed by atoms with E-state index in [9.17, 15) is 0 Å². The lowest BCUT2D eigenvalue weighted by atomic mass is 9.96. The fraction of sp³-hybridized carbons (Fsp3) is 0.429. The van der Waals surface area contributed by atoms with Crippen molar-refractivity contribution in [3.05, 3.63) is 48.0 Å². The molecule has 0 saturated carbocycles. The van der Waals surface area contributed by atoms with Crippen molar-refractivity contribution in [1.82, 2.24) is 0 Å². The number of benzene rings is 2. The Labute approximate surface area is 159 Å². The molecule has 0 fully saturated rings. The van der Waals surface area contributed by atoms with Gasteiger partial charge < -0.3 is 19.1 Å². The molecule has 0 aliphatic carbocycles. The molecule has 2 aromatic carbocycles.